The van der Waals surface area contributed by atoms with Crippen LogP contribution >= 0.6 is 0 Å². The van der Waals surface area contributed by atoms with E-state index in [9.17, 15) is 4.79 Å². The van der Waals surface area contributed by atoms with Crippen LogP contribution in [-0.2, 0) is 11.3 Å². The number of aromatic nitrogens is 3. The summed E-state index contributed by atoms with van der Waals surface area (Å²) in [6.07, 6.45) is 1.92. The van der Waals surface area contributed by atoms with Crippen molar-refractivity contribution in [2.45, 2.75) is 6.54 Å². The molecule has 0 spiro atoms. The number of rotatable bonds is 4. The second kappa shape index (κ2) is 8.08. The van der Waals surface area contributed by atoms with Crippen molar-refractivity contribution in [3.63, 3.8) is 0 Å². The van der Waals surface area contributed by atoms with Crippen molar-refractivity contribution in [2.24, 2.45) is 0 Å². The van der Waals surface area contributed by atoms with E-state index in [-0.39, 0.29) is 5.56 Å². The molecule has 0 atom stereocenters. The summed E-state index contributed by atoms with van der Waals surface area (Å²) >= 11 is 0. The van der Waals surface area contributed by atoms with Crippen LogP contribution in [0.15, 0.2) is 77.7 Å². The Morgan fingerprint density at radius 1 is 0.933 bits per heavy atom. The van der Waals surface area contributed by atoms with Crippen LogP contribution in [0.4, 0.5) is 5.69 Å². The van der Waals surface area contributed by atoms with E-state index in [0.717, 1.165) is 59.7 Å². The van der Waals surface area contributed by atoms with Crippen molar-refractivity contribution in [3.05, 3.63) is 88.8 Å². The highest BCUT2D eigenvalue weighted by Crippen LogP contribution is 2.22. The summed E-state index contributed by atoms with van der Waals surface area (Å²) in [6.45, 7) is 3.64. The van der Waals surface area contributed by atoms with Gasteiger partial charge < -0.3 is 9.64 Å². The van der Waals surface area contributed by atoms with Gasteiger partial charge in [0.25, 0.3) is 5.56 Å². The second-order valence-corrected chi connectivity index (χ2v) is 7.40. The number of pyridine rings is 1. The molecule has 3 heterocycles. The Labute approximate surface area is 174 Å². The van der Waals surface area contributed by atoms with Crippen molar-refractivity contribution in [1.82, 2.24) is 14.8 Å². The zero-order valence-corrected chi connectivity index (χ0v) is 16.6. The first-order valence-corrected chi connectivity index (χ1v) is 10.1. The maximum atomic E-state index is 12.4. The topological polar surface area (TPSA) is 60.2 Å². The van der Waals surface area contributed by atoms with Crippen molar-refractivity contribution in [2.75, 3.05) is 31.2 Å². The molecule has 6 heteroatoms. The molecule has 0 saturated carbocycles. The van der Waals surface area contributed by atoms with Gasteiger partial charge in [-0.3, -0.25) is 9.78 Å². The Hall–Kier alpha value is -3.51. The van der Waals surface area contributed by atoms with Gasteiger partial charge in [0.15, 0.2) is 0 Å². The van der Waals surface area contributed by atoms with Gasteiger partial charge in [-0.25, -0.2) is 4.68 Å². The van der Waals surface area contributed by atoms with Gasteiger partial charge in [-0.05, 0) is 29.8 Å². The standard InChI is InChI=1S/C24H22N4O2/c29-24-9-8-23(19-4-2-1-3-5-19)26-28(24)17-18-6-7-22-20(14-18)15-21(16-25-22)27-10-12-30-13-11-27/h1-9,14-16H,10-13,17H2. The van der Waals surface area contributed by atoms with E-state index in [4.69, 9.17) is 4.74 Å². The van der Waals surface area contributed by atoms with Crippen LogP contribution in [0, 0.1) is 0 Å². The fourth-order valence-electron chi connectivity index (χ4n) is 3.76. The van der Waals surface area contributed by atoms with Crippen molar-refractivity contribution in [1.29, 1.82) is 0 Å². The predicted molar refractivity (Wildman–Crippen MR) is 118 cm³/mol. The highest BCUT2D eigenvalue weighted by molar-refractivity contribution is 5.82. The lowest BCUT2D eigenvalue weighted by molar-refractivity contribution is 0.122. The molecular formula is C24H22N4O2. The molecule has 6 nitrogen and oxygen atoms in total. The van der Waals surface area contributed by atoms with E-state index in [0.29, 0.717) is 6.54 Å². The minimum atomic E-state index is -0.116. The quantitative estimate of drug-likeness (QED) is 0.528. The van der Waals surface area contributed by atoms with Crippen LogP contribution in [0.25, 0.3) is 22.2 Å². The fourth-order valence-corrected chi connectivity index (χ4v) is 3.76. The van der Waals surface area contributed by atoms with E-state index in [1.165, 1.54) is 4.68 Å². The Kier molecular flexibility index (Phi) is 4.99. The fraction of sp³-hybridized carbons (Fsp3) is 0.208. The molecule has 1 fully saturated rings. The average molecular weight is 398 g/mol. The van der Waals surface area contributed by atoms with Crippen LogP contribution in [0.3, 0.4) is 0 Å². The van der Waals surface area contributed by atoms with Crippen LogP contribution in [0.2, 0.25) is 0 Å². The van der Waals surface area contributed by atoms with Crippen molar-refractivity contribution >= 4 is 16.6 Å². The van der Waals surface area contributed by atoms with Gasteiger partial charge in [0.2, 0.25) is 0 Å². The second-order valence-electron chi connectivity index (χ2n) is 7.40. The van der Waals surface area contributed by atoms with E-state index >= 15 is 0 Å². The number of benzene rings is 2. The van der Waals surface area contributed by atoms with Gasteiger partial charge >= 0.3 is 0 Å². The number of hydrogen-bond donors (Lipinski definition) is 0. The number of nitrogens with zero attached hydrogens (tertiary/aromatic N) is 4. The monoisotopic (exact) mass is 398 g/mol. The lowest BCUT2D eigenvalue weighted by Crippen LogP contribution is -2.36. The third kappa shape index (κ3) is 3.82. The summed E-state index contributed by atoms with van der Waals surface area (Å²) in [6, 6.07) is 21.5. The summed E-state index contributed by atoms with van der Waals surface area (Å²) < 4.78 is 6.96. The lowest BCUT2D eigenvalue weighted by atomic mass is 10.1. The summed E-state index contributed by atoms with van der Waals surface area (Å²) in [7, 11) is 0. The summed E-state index contributed by atoms with van der Waals surface area (Å²) in [5, 5.41) is 5.63. The molecule has 2 aromatic carbocycles. The molecule has 0 unspecified atom stereocenters. The van der Waals surface area contributed by atoms with E-state index in [1.807, 2.05) is 48.7 Å². The molecule has 0 amide bonds. The highest BCUT2D eigenvalue weighted by atomic mass is 16.5. The van der Waals surface area contributed by atoms with E-state index in [2.05, 4.69) is 27.1 Å². The molecule has 1 aliphatic heterocycles. The summed E-state index contributed by atoms with van der Waals surface area (Å²) in [4.78, 5) is 19.3. The van der Waals surface area contributed by atoms with Gasteiger partial charge in [-0.2, -0.15) is 5.10 Å². The van der Waals surface area contributed by atoms with E-state index in [1.54, 1.807) is 12.1 Å². The Morgan fingerprint density at radius 3 is 2.60 bits per heavy atom. The predicted octanol–water partition coefficient (Wildman–Crippen LogP) is 3.34. The number of fused-ring (bicyclic) bond motifs is 1. The molecule has 0 N–H and O–H groups in total. The first-order chi connectivity index (χ1) is 14.8. The maximum absolute atomic E-state index is 12.4. The number of morpholine rings is 1. The van der Waals surface area contributed by atoms with Gasteiger partial charge in [0, 0.05) is 30.1 Å². The zero-order valence-electron chi connectivity index (χ0n) is 16.6. The molecule has 5 rings (SSSR count). The molecule has 1 aliphatic rings. The molecule has 30 heavy (non-hydrogen) atoms. The zero-order chi connectivity index (χ0) is 20.3. The normalized spacial score (nSPS) is 14.2. The molecule has 2 aromatic heterocycles. The number of ether oxygens (including phenoxy) is 1. The third-order valence-electron chi connectivity index (χ3n) is 5.38. The smallest absolute Gasteiger partial charge is 0.267 e. The van der Waals surface area contributed by atoms with Gasteiger partial charge in [-0.15, -0.1) is 0 Å². The first kappa shape index (κ1) is 18.5. The van der Waals surface area contributed by atoms with Gasteiger partial charge in [-0.1, -0.05) is 36.4 Å². The molecular weight excluding hydrogens is 376 g/mol. The van der Waals surface area contributed by atoms with E-state index < -0.39 is 0 Å². The van der Waals surface area contributed by atoms with Crippen molar-refractivity contribution in [3.8, 4) is 11.3 Å². The van der Waals surface area contributed by atoms with Crippen LogP contribution < -0.4 is 10.5 Å². The van der Waals surface area contributed by atoms with Gasteiger partial charge in [0.1, 0.15) is 0 Å². The summed E-state index contributed by atoms with van der Waals surface area (Å²) in [5.74, 6) is 0. The first-order valence-electron chi connectivity index (χ1n) is 10.1. The van der Waals surface area contributed by atoms with Crippen LogP contribution in [0.1, 0.15) is 5.56 Å². The molecule has 0 aliphatic carbocycles. The lowest BCUT2D eigenvalue weighted by Gasteiger charge is -2.28. The molecule has 0 bridgehead atoms. The third-order valence-corrected chi connectivity index (χ3v) is 5.38. The Balaban J connectivity index is 1.45. The van der Waals surface area contributed by atoms with Gasteiger partial charge in [0.05, 0.1) is 42.9 Å². The maximum Gasteiger partial charge on any atom is 0.267 e. The molecule has 4 aromatic rings. The van der Waals surface area contributed by atoms with Crippen LogP contribution in [-0.4, -0.2) is 41.1 Å². The SMILES string of the molecule is O=c1ccc(-c2ccccc2)nn1Cc1ccc2ncc(N3CCOCC3)cc2c1. The van der Waals surface area contributed by atoms with Crippen LogP contribution in [0.5, 0.6) is 0 Å². The summed E-state index contributed by atoms with van der Waals surface area (Å²) in [5.41, 5.74) is 4.72. The Bertz CT molecular complexity index is 1230. The number of anilines is 1. The molecule has 0 radical (unpaired) electrons. The Morgan fingerprint density at radius 2 is 1.77 bits per heavy atom. The molecule has 150 valence electrons. The van der Waals surface area contributed by atoms with Crippen molar-refractivity contribution < 1.29 is 4.74 Å². The average Bonchev–Trinajstić information content (AvgIpc) is 2.81. The minimum absolute atomic E-state index is 0.116. The number of hydrogen-bond acceptors (Lipinski definition) is 5. The largest absolute Gasteiger partial charge is 0.378 e. The highest BCUT2D eigenvalue weighted by Gasteiger charge is 2.12. The minimum Gasteiger partial charge on any atom is -0.378 e. The molecule has 1 saturated heterocycles.